The van der Waals surface area contributed by atoms with Crippen LogP contribution in [0.5, 0.6) is 0 Å². The number of aromatic nitrogens is 2. The summed E-state index contributed by atoms with van der Waals surface area (Å²) in [5.41, 5.74) is -2.03. The van der Waals surface area contributed by atoms with Crippen LogP contribution in [0.25, 0.3) is 82.9 Å². The highest BCUT2D eigenvalue weighted by Gasteiger charge is 2.39. The van der Waals surface area contributed by atoms with Crippen molar-refractivity contribution < 1.29 is 52.7 Å². The fourth-order valence-corrected chi connectivity index (χ4v) is 10.2. The standard InChI is InChI=1S/C64H37F12N5/c1-36(38-13-5-3-6-14-38)78-60(79-37(2)39-15-7-4-8-16-39)44-31-58(80-54-19-11-9-17-49(54)51-29-40(21-23-56(51)80)42-25-45(61(65,66)67)33-46(26-42)62(68,69)70)53(35-77)59(32-44)81-55-20-12-10-18-50(55)52-30-41(22-24-57(52)81)43-27-47(63(71,72)73)34-48(28-43)64(74,75)76/h3-34H,1H2,2H3. The number of amidine groups is 1. The molecule has 0 N–H and O–H groups in total. The number of nitriles is 1. The van der Waals surface area contributed by atoms with Crippen LogP contribution in [-0.4, -0.2) is 20.7 Å². The van der Waals surface area contributed by atoms with Gasteiger partial charge in [-0.15, -0.1) is 0 Å². The molecule has 5 nitrogen and oxygen atoms in total. The lowest BCUT2D eigenvalue weighted by Gasteiger charge is -2.19. The number of rotatable bonds is 8. The Bertz CT molecular complexity index is 4160. The summed E-state index contributed by atoms with van der Waals surface area (Å²) < 4.78 is 174. The van der Waals surface area contributed by atoms with Crippen molar-refractivity contribution in [1.29, 1.82) is 5.26 Å². The molecule has 0 bridgehead atoms. The van der Waals surface area contributed by atoms with E-state index in [1.165, 1.54) is 36.4 Å². The monoisotopic (exact) mass is 1100 g/mol. The third-order valence-electron chi connectivity index (χ3n) is 13.9. The second kappa shape index (κ2) is 19.9. The Kier molecular flexibility index (Phi) is 13.1. The van der Waals surface area contributed by atoms with Crippen LogP contribution in [0.1, 0.15) is 51.4 Å². The lowest BCUT2D eigenvalue weighted by molar-refractivity contribution is -0.144. The Balaban J connectivity index is 1.22. The predicted molar refractivity (Wildman–Crippen MR) is 291 cm³/mol. The number of alkyl halides is 12. The molecule has 9 aromatic carbocycles. The van der Waals surface area contributed by atoms with Crippen LogP contribution >= 0.6 is 0 Å². The molecule has 17 heteroatoms. The summed E-state index contributed by atoms with van der Waals surface area (Å²) >= 11 is 0. The van der Waals surface area contributed by atoms with Gasteiger partial charge in [-0.2, -0.15) is 57.9 Å². The number of halogens is 12. The van der Waals surface area contributed by atoms with Gasteiger partial charge >= 0.3 is 24.7 Å². The molecule has 11 rings (SSSR count). The molecule has 402 valence electrons. The van der Waals surface area contributed by atoms with Crippen molar-refractivity contribution in [2.45, 2.75) is 31.6 Å². The molecule has 0 amide bonds. The van der Waals surface area contributed by atoms with E-state index in [1.807, 2.05) is 36.4 Å². The molecule has 0 saturated carbocycles. The first-order chi connectivity index (χ1) is 38.5. The topological polar surface area (TPSA) is 58.4 Å². The highest BCUT2D eigenvalue weighted by atomic mass is 19.4. The molecule has 0 spiro atoms. The van der Waals surface area contributed by atoms with Gasteiger partial charge in [-0.05, 0) is 125 Å². The molecule has 0 saturated heterocycles. The van der Waals surface area contributed by atoms with Crippen molar-refractivity contribution in [2.75, 3.05) is 0 Å². The van der Waals surface area contributed by atoms with E-state index in [-0.39, 0.29) is 57.2 Å². The molecular weight excluding hydrogens is 1070 g/mol. The molecule has 0 atom stereocenters. The van der Waals surface area contributed by atoms with Gasteiger partial charge in [0.25, 0.3) is 0 Å². The van der Waals surface area contributed by atoms with Crippen LogP contribution in [-0.2, 0) is 24.7 Å². The van der Waals surface area contributed by atoms with Crippen LogP contribution in [0.15, 0.2) is 211 Å². The second-order valence-electron chi connectivity index (χ2n) is 19.1. The van der Waals surface area contributed by atoms with Gasteiger partial charge in [-0.1, -0.05) is 116 Å². The van der Waals surface area contributed by atoms with E-state index in [4.69, 9.17) is 9.98 Å². The van der Waals surface area contributed by atoms with Gasteiger partial charge < -0.3 is 9.13 Å². The van der Waals surface area contributed by atoms with E-state index in [1.54, 1.807) is 101 Å². The third kappa shape index (κ3) is 10.1. The van der Waals surface area contributed by atoms with Crippen LogP contribution in [0, 0.1) is 11.3 Å². The van der Waals surface area contributed by atoms with Gasteiger partial charge in [0.05, 0.1) is 61.4 Å². The molecule has 0 aliphatic heterocycles. The SMILES string of the molecule is C=C(N=C(N=C(C)c1ccccc1)c1cc(-n2c3ccccc3c3cc(-c4cc(C(F)(F)F)cc(C(F)(F)F)c4)ccc32)c(C#N)c(-n2c3ccccc3c3cc(-c4cc(C(F)(F)F)cc(C(F)(F)F)c4)ccc32)c1)c1ccccc1. The fraction of sp³-hybridized carbons (Fsp3) is 0.0781. The van der Waals surface area contributed by atoms with Crippen LogP contribution in [0.4, 0.5) is 52.7 Å². The van der Waals surface area contributed by atoms with Crippen molar-refractivity contribution in [3.8, 4) is 39.7 Å². The minimum absolute atomic E-state index is 0.0163. The van der Waals surface area contributed by atoms with Crippen molar-refractivity contribution in [1.82, 2.24) is 9.13 Å². The largest absolute Gasteiger partial charge is 0.416 e. The number of hydrogen-bond acceptors (Lipinski definition) is 2. The molecule has 0 unspecified atom stereocenters. The molecular formula is C64H37F12N5. The van der Waals surface area contributed by atoms with Crippen LogP contribution < -0.4 is 0 Å². The Morgan fingerprint density at radius 3 is 1.16 bits per heavy atom. The maximum absolute atomic E-state index is 14.2. The lowest BCUT2D eigenvalue weighted by Crippen LogP contribution is -2.11. The second-order valence-corrected chi connectivity index (χ2v) is 19.1. The van der Waals surface area contributed by atoms with Gasteiger partial charge in [-0.3, -0.25) is 0 Å². The third-order valence-corrected chi connectivity index (χ3v) is 13.9. The summed E-state index contributed by atoms with van der Waals surface area (Å²) in [5, 5.41) is 13.4. The highest BCUT2D eigenvalue weighted by molar-refractivity contribution is 6.15. The number of para-hydroxylation sites is 2. The van der Waals surface area contributed by atoms with Gasteiger partial charge in [0, 0.05) is 32.8 Å². The molecule has 81 heavy (non-hydrogen) atoms. The maximum atomic E-state index is 14.2. The van der Waals surface area contributed by atoms with Crippen LogP contribution in [0.2, 0.25) is 0 Å². The summed E-state index contributed by atoms with van der Waals surface area (Å²) in [6.45, 7) is 6.06. The summed E-state index contributed by atoms with van der Waals surface area (Å²) in [7, 11) is 0. The summed E-state index contributed by atoms with van der Waals surface area (Å²) in [6, 6.07) is 49.3. The number of aliphatic imine (C=N–C) groups is 2. The van der Waals surface area contributed by atoms with E-state index >= 15 is 0 Å². The first-order valence-electron chi connectivity index (χ1n) is 24.7. The van der Waals surface area contributed by atoms with E-state index in [0.717, 1.165) is 5.56 Å². The lowest BCUT2D eigenvalue weighted by atomic mass is 9.97. The Labute approximate surface area is 452 Å². The zero-order valence-electron chi connectivity index (χ0n) is 42.0. The summed E-state index contributed by atoms with van der Waals surface area (Å²) in [6.07, 6.45) is -20.5. The van der Waals surface area contributed by atoms with E-state index in [9.17, 15) is 57.9 Å². The summed E-state index contributed by atoms with van der Waals surface area (Å²) in [5.74, 6) is 0.110. The Morgan fingerprint density at radius 2 is 0.765 bits per heavy atom. The van der Waals surface area contributed by atoms with Crippen molar-refractivity contribution in [3.05, 3.63) is 245 Å². The number of fused-ring (bicyclic) bond motifs is 6. The smallest absolute Gasteiger partial charge is 0.308 e. The first-order valence-corrected chi connectivity index (χ1v) is 24.7. The average molecular weight is 1100 g/mol. The van der Waals surface area contributed by atoms with Gasteiger partial charge in [-0.25, -0.2) is 9.98 Å². The predicted octanol–water partition coefficient (Wildman–Crippen LogP) is 19.1. The number of nitrogens with zero attached hydrogens (tertiary/aromatic N) is 5. The minimum Gasteiger partial charge on any atom is -0.308 e. The average Bonchev–Trinajstić information content (AvgIpc) is 4.05. The van der Waals surface area contributed by atoms with E-state index in [2.05, 4.69) is 12.6 Å². The van der Waals surface area contributed by atoms with Gasteiger partial charge in [0.15, 0.2) is 5.84 Å². The first kappa shape index (κ1) is 53.3. The maximum Gasteiger partial charge on any atom is 0.416 e. The van der Waals surface area contributed by atoms with Crippen molar-refractivity contribution in [3.63, 3.8) is 0 Å². The Morgan fingerprint density at radius 1 is 0.395 bits per heavy atom. The minimum atomic E-state index is -5.12. The van der Waals surface area contributed by atoms with Crippen molar-refractivity contribution in [2.24, 2.45) is 9.98 Å². The Hall–Kier alpha value is -9.69. The normalized spacial score (nSPS) is 12.9. The number of benzene rings is 9. The zero-order chi connectivity index (χ0) is 57.3. The zero-order valence-corrected chi connectivity index (χ0v) is 42.0. The quantitative estimate of drug-likeness (QED) is 0.0850. The van der Waals surface area contributed by atoms with Crippen LogP contribution in [0.3, 0.4) is 0 Å². The molecule has 0 aliphatic carbocycles. The molecule has 0 aliphatic rings. The number of hydrogen-bond donors (Lipinski definition) is 0. The molecule has 11 aromatic rings. The van der Waals surface area contributed by atoms with Crippen molar-refractivity contribution >= 4 is 60.9 Å². The van der Waals surface area contributed by atoms with E-state index in [0.29, 0.717) is 90.4 Å². The molecule has 2 heterocycles. The fourth-order valence-electron chi connectivity index (χ4n) is 10.2. The molecule has 2 aromatic heterocycles. The van der Waals surface area contributed by atoms with Gasteiger partial charge in [0.1, 0.15) is 11.6 Å². The molecule has 0 fully saturated rings. The molecule has 0 radical (unpaired) electrons. The van der Waals surface area contributed by atoms with E-state index < -0.39 is 47.0 Å². The highest BCUT2D eigenvalue weighted by Crippen LogP contribution is 2.45. The van der Waals surface area contributed by atoms with Gasteiger partial charge in [0.2, 0.25) is 0 Å². The summed E-state index contributed by atoms with van der Waals surface area (Å²) in [4.78, 5) is 10.1.